The Kier molecular flexibility index (Phi) is 7.06. The number of carboxylic acids is 1. The second-order valence-electron chi connectivity index (χ2n) is 8.37. The number of hydrogen-bond acceptors (Lipinski definition) is 4. The lowest BCUT2D eigenvalue weighted by molar-refractivity contribution is -0.139. The van der Waals surface area contributed by atoms with Crippen molar-refractivity contribution in [1.82, 2.24) is 9.88 Å². The van der Waals surface area contributed by atoms with Gasteiger partial charge in [0.2, 0.25) is 0 Å². The van der Waals surface area contributed by atoms with Crippen LogP contribution in [0.2, 0.25) is 0 Å². The van der Waals surface area contributed by atoms with Crippen molar-refractivity contribution in [2.45, 2.75) is 51.9 Å². The molecule has 0 spiro atoms. The number of nitrogens with zero attached hydrogens (tertiary/aromatic N) is 1. The number of ether oxygens (including phenoxy) is 1. The molecule has 2 N–H and O–H groups in total. The number of alkyl halides is 3. The average molecular weight is 454 g/mol. The predicted octanol–water partition coefficient (Wildman–Crippen LogP) is 3.90. The zero-order chi connectivity index (χ0) is 24.4. The number of carbonyl (C=O) groups excluding carboxylic acids is 1. The Labute approximate surface area is 182 Å². The largest absolute Gasteiger partial charge is 0.480 e. The molecular weight excluding hydrogens is 429 g/mol. The molecule has 1 amide bonds. The van der Waals surface area contributed by atoms with Crippen LogP contribution >= 0.6 is 0 Å². The molecule has 0 unspecified atom stereocenters. The SMILES string of the molecule is Cc1cc(C(F)(F)F)c(-c2ccc(C[C@H](NC(=O)OC(C)(C)C)C(=O)O)cc2)c(=O)n1C. The highest BCUT2D eigenvalue weighted by Gasteiger charge is 2.36. The highest BCUT2D eigenvalue weighted by molar-refractivity contribution is 5.80. The van der Waals surface area contributed by atoms with Gasteiger partial charge in [-0.25, -0.2) is 9.59 Å². The number of aromatic nitrogens is 1. The van der Waals surface area contributed by atoms with Crippen molar-refractivity contribution in [1.29, 1.82) is 0 Å². The highest BCUT2D eigenvalue weighted by Crippen LogP contribution is 2.35. The van der Waals surface area contributed by atoms with Crippen LogP contribution in [0.5, 0.6) is 0 Å². The summed E-state index contributed by atoms with van der Waals surface area (Å²) in [5, 5.41) is 11.7. The maximum Gasteiger partial charge on any atom is 0.417 e. The minimum Gasteiger partial charge on any atom is -0.480 e. The first kappa shape index (κ1) is 25.0. The number of alkyl carbamates (subject to hydrolysis) is 1. The van der Waals surface area contributed by atoms with Gasteiger partial charge in [-0.1, -0.05) is 24.3 Å². The van der Waals surface area contributed by atoms with Gasteiger partial charge in [0.25, 0.3) is 5.56 Å². The van der Waals surface area contributed by atoms with Gasteiger partial charge in [-0.3, -0.25) is 4.79 Å². The number of carbonyl (C=O) groups is 2. The number of carboxylic acid groups (broad SMARTS) is 1. The van der Waals surface area contributed by atoms with Crippen LogP contribution < -0.4 is 10.9 Å². The second kappa shape index (κ2) is 9.05. The number of rotatable bonds is 5. The molecule has 1 aromatic heterocycles. The first-order valence-corrected chi connectivity index (χ1v) is 9.69. The lowest BCUT2D eigenvalue weighted by Gasteiger charge is -2.22. The van der Waals surface area contributed by atoms with Gasteiger partial charge in [0.15, 0.2) is 0 Å². The maximum absolute atomic E-state index is 13.5. The Hall–Kier alpha value is -3.30. The van der Waals surface area contributed by atoms with Gasteiger partial charge < -0.3 is 19.7 Å². The lowest BCUT2D eigenvalue weighted by Crippen LogP contribution is -2.44. The van der Waals surface area contributed by atoms with Crippen LogP contribution in [0, 0.1) is 6.92 Å². The van der Waals surface area contributed by atoms with Crippen molar-refractivity contribution in [3.8, 4) is 11.1 Å². The molecule has 0 aliphatic rings. The maximum atomic E-state index is 13.5. The standard InChI is InChI=1S/C22H25F3N2O5/c1-12-10-15(22(23,24)25)17(18(28)27(12)5)14-8-6-13(7-9-14)11-16(19(29)30)26-20(31)32-21(2,3)4/h6-10,16H,11H2,1-5H3,(H,26,31)(H,29,30)/t16-/m0/s1. The van der Waals surface area contributed by atoms with Gasteiger partial charge in [0.05, 0.1) is 11.1 Å². The Morgan fingerprint density at radius 2 is 1.72 bits per heavy atom. The third-order valence-electron chi connectivity index (χ3n) is 4.65. The molecule has 1 atom stereocenters. The normalized spacial score (nSPS) is 12.9. The first-order chi connectivity index (χ1) is 14.6. The summed E-state index contributed by atoms with van der Waals surface area (Å²) in [6, 6.07) is 5.08. The van der Waals surface area contributed by atoms with Gasteiger partial charge in [0.1, 0.15) is 11.6 Å². The van der Waals surface area contributed by atoms with Crippen molar-refractivity contribution < 1.29 is 32.6 Å². The summed E-state index contributed by atoms with van der Waals surface area (Å²) in [6.45, 7) is 6.30. The van der Waals surface area contributed by atoms with E-state index < -0.39 is 46.6 Å². The zero-order valence-corrected chi connectivity index (χ0v) is 18.3. The Bertz CT molecular complexity index is 1070. The Balaban J connectivity index is 2.34. The molecule has 7 nitrogen and oxygen atoms in total. The second-order valence-corrected chi connectivity index (χ2v) is 8.37. The van der Waals surface area contributed by atoms with Gasteiger partial charge in [-0.15, -0.1) is 0 Å². The van der Waals surface area contributed by atoms with E-state index in [1.54, 1.807) is 20.8 Å². The van der Waals surface area contributed by atoms with Crippen molar-refractivity contribution >= 4 is 12.1 Å². The third-order valence-corrected chi connectivity index (χ3v) is 4.65. The highest BCUT2D eigenvalue weighted by atomic mass is 19.4. The molecule has 2 aromatic rings. The van der Waals surface area contributed by atoms with Crippen LogP contribution in [-0.4, -0.2) is 33.4 Å². The van der Waals surface area contributed by atoms with E-state index in [1.807, 2.05) is 0 Å². The number of hydrogen-bond donors (Lipinski definition) is 2. The molecule has 32 heavy (non-hydrogen) atoms. The summed E-state index contributed by atoms with van der Waals surface area (Å²) in [5.41, 5.74) is -2.48. The molecule has 0 aliphatic heterocycles. The zero-order valence-electron chi connectivity index (χ0n) is 18.3. The molecule has 0 saturated carbocycles. The number of halogens is 3. The van der Waals surface area contributed by atoms with Gasteiger partial charge >= 0.3 is 18.2 Å². The molecule has 0 saturated heterocycles. The monoisotopic (exact) mass is 454 g/mol. The van der Waals surface area contributed by atoms with E-state index in [4.69, 9.17) is 4.74 Å². The lowest BCUT2D eigenvalue weighted by atomic mass is 9.97. The molecule has 1 aromatic carbocycles. The summed E-state index contributed by atoms with van der Waals surface area (Å²) in [4.78, 5) is 36.0. The molecule has 10 heteroatoms. The van der Waals surface area contributed by atoms with E-state index >= 15 is 0 Å². The summed E-state index contributed by atoms with van der Waals surface area (Å²) in [6.07, 6.45) is -5.76. The topological polar surface area (TPSA) is 97.6 Å². The fourth-order valence-electron chi connectivity index (χ4n) is 3.02. The van der Waals surface area contributed by atoms with Crippen LogP contribution in [-0.2, 0) is 29.2 Å². The molecular formula is C22H25F3N2O5. The fourth-order valence-corrected chi connectivity index (χ4v) is 3.02. The van der Waals surface area contributed by atoms with Crippen LogP contribution in [0.4, 0.5) is 18.0 Å². The van der Waals surface area contributed by atoms with Gasteiger partial charge in [-0.2, -0.15) is 13.2 Å². The molecule has 0 bridgehead atoms. The van der Waals surface area contributed by atoms with E-state index in [9.17, 15) is 32.7 Å². The minimum atomic E-state index is -4.72. The van der Waals surface area contributed by atoms with Gasteiger partial charge in [0, 0.05) is 19.2 Å². The van der Waals surface area contributed by atoms with Crippen molar-refractivity contribution in [3.63, 3.8) is 0 Å². The third kappa shape index (κ3) is 6.12. The number of aliphatic carboxylic acids is 1. The Morgan fingerprint density at radius 3 is 2.19 bits per heavy atom. The van der Waals surface area contributed by atoms with Crippen molar-refractivity contribution in [2.24, 2.45) is 7.05 Å². The molecule has 2 rings (SSSR count). The minimum absolute atomic E-state index is 0.0497. The van der Waals surface area contributed by atoms with E-state index in [-0.39, 0.29) is 17.7 Å². The fraction of sp³-hybridized carbons (Fsp3) is 0.409. The summed E-state index contributed by atoms with van der Waals surface area (Å²) in [5.74, 6) is -1.30. The number of aryl methyl sites for hydroxylation is 1. The summed E-state index contributed by atoms with van der Waals surface area (Å²) < 4.78 is 46.8. The van der Waals surface area contributed by atoms with Gasteiger partial charge in [-0.05, 0) is 44.9 Å². The number of benzene rings is 1. The molecule has 0 fully saturated rings. The average Bonchev–Trinajstić information content (AvgIpc) is 2.64. The molecule has 174 valence electrons. The number of amides is 1. The van der Waals surface area contributed by atoms with Crippen LogP contribution in [0.15, 0.2) is 35.1 Å². The smallest absolute Gasteiger partial charge is 0.417 e. The predicted molar refractivity (Wildman–Crippen MR) is 111 cm³/mol. The van der Waals surface area contributed by atoms with Crippen molar-refractivity contribution in [2.75, 3.05) is 0 Å². The number of pyridine rings is 1. The van der Waals surface area contributed by atoms with Crippen LogP contribution in [0.3, 0.4) is 0 Å². The van der Waals surface area contributed by atoms with E-state index in [2.05, 4.69) is 5.32 Å². The Morgan fingerprint density at radius 1 is 1.16 bits per heavy atom. The van der Waals surface area contributed by atoms with Crippen LogP contribution in [0.1, 0.15) is 37.6 Å². The molecule has 1 heterocycles. The summed E-state index contributed by atoms with van der Waals surface area (Å²) >= 11 is 0. The van der Waals surface area contributed by atoms with E-state index in [0.29, 0.717) is 5.56 Å². The van der Waals surface area contributed by atoms with E-state index in [0.717, 1.165) is 10.6 Å². The van der Waals surface area contributed by atoms with Crippen molar-refractivity contribution in [3.05, 3.63) is 57.5 Å². The molecule has 0 aliphatic carbocycles. The number of nitrogens with one attached hydrogen (secondary N) is 1. The molecule has 0 radical (unpaired) electrons. The van der Waals surface area contributed by atoms with E-state index in [1.165, 1.54) is 38.2 Å². The first-order valence-electron chi connectivity index (χ1n) is 9.69. The quantitative estimate of drug-likeness (QED) is 0.714. The summed E-state index contributed by atoms with van der Waals surface area (Å²) in [7, 11) is 1.38. The van der Waals surface area contributed by atoms with Crippen LogP contribution in [0.25, 0.3) is 11.1 Å².